The average Bonchev–Trinajstić information content (AvgIpc) is 3.79. The fourth-order valence-corrected chi connectivity index (χ4v) is 6.13. The molecule has 0 radical (unpaired) electrons. The van der Waals surface area contributed by atoms with Crippen molar-refractivity contribution in [2.24, 2.45) is 0 Å². The molecular weight excluding hydrogens is 496 g/mol. The quantitative estimate of drug-likeness (QED) is 0.291. The van der Waals surface area contributed by atoms with Gasteiger partial charge in [-0.25, -0.2) is 9.97 Å². The number of nitrogens with one attached hydrogen (secondary N) is 2. The number of nitrogens with zero attached hydrogens (tertiary/aromatic N) is 6. The molecule has 0 saturated carbocycles. The van der Waals surface area contributed by atoms with E-state index in [1.165, 1.54) is 5.56 Å². The van der Waals surface area contributed by atoms with Crippen molar-refractivity contribution in [3.8, 4) is 0 Å². The lowest BCUT2D eigenvalue weighted by molar-refractivity contribution is 0.184. The van der Waals surface area contributed by atoms with Crippen LogP contribution in [-0.4, -0.2) is 66.7 Å². The monoisotopic (exact) mass is 530 g/mol. The summed E-state index contributed by atoms with van der Waals surface area (Å²) in [6, 6.07) is 12.9. The molecule has 0 spiro atoms. The van der Waals surface area contributed by atoms with Gasteiger partial charge in [0.15, 0.2) is 0 Å². The molecule has 2 unspecified atom stereocenters. The van der Waals surface area contributed by atoms with E-state index in [-0.39, 0.29) is 12.3 Å². The second-order valence-electron chi connectivity index (χ2n) is 10.6. The van der Waals surface area contributed by atoms with E-state index in [1.807, 2.05) is 0 Å². The summed E-state index contributed by atoms with van der Waals surface area (Å²) < 4.78 is 0. The van der Waals surface area contributed by atoms with E-state index in [0.29, 0.717) is 0 Å². The maximum absolute atomic E-state index is 5.10. The first kappa shape index (κ1) is 24.3. The fraction of sp³-hybridized carbons (Fsp3) is 0.250. The van der Waals surface area contributed by atoms with Crippen LogP contribution in [-0.2, 0) is 0 Å². The van der Waals surface area contributed by atoms with E-state index in [1.54, 1.807) is 0 Å². The summed E-state index contributed by atoms with van der Waals surface area (Å²) in [5.41, 5.74) is 10.2. The topological polar surface area (TPSA) is 70.3 Å². The lowest BCUT2D eigenvalue weighted by Crippen LogP contribution is -2.29. The molecule has 3 aromatic rings. The van der Waals surface area contributed by atoms with E-state index in [9.17, 15) is 0 Å². The molecule has 8 bridgehead atoms. The van der Waals surface area contributed by atoms with Crippen LogP contribution in [0.3, 0.4) is 0 Å². The van der Waals surface area contributed by atoms with Gasteiger partial charge >= 0.3 is 0 Å². The predicted molar refractivity (Wildman–Crippen MR) is 163 cm³/mol. The number of hydrogen-bond acceptors (Lipinski definition) is 6. The molecule has 7 rings (SSSR count). The van der Waals surface area contributed by atoms with Gasteiger partial charge in [-0.15, -0.1) is 0 Å². The number of rotatable bonds is 4. The maximum atomic E-state index is 5.10. The fourth-order valence-electron chi connectivity index (χ4n) is 6.13. The van der Waals surface area contributed by atoms with Crippen LogP contribution in [0.2, 0.25) is 0 Å². The van der Waals surface area contributed by atoms with Gasteiger partial charge in [-0.2, -0.15) is 0 Å². The zero-order chi connectivity index (χ0) is 27.4. The van der Waals surface area contributed by atoms with Gasteiger partial charge in [0.1, 0.15) is 12.3 Å². The van der Waals surface area contributed by atoms with Crippen LogP contribution in [0.4, 0.5) is 0 Å². The van der Waals surface area contributed by atoms with E-state index >= 15 is 0 Å². The van der Waals surface area contributed by atoms with E-state index in [2.05, 4.69) is 143 Å². The van der Waals surface area contributed by atoms with Crippen molar-refractivity contribution in [1.29, 1.82) is 0 Å². The third-order valence-corrected chi connectivity index (χ3v) is 8.11. The predicted octanol–water partition coefficient (Wildman–Crippen LogP) is 6.13. The molecule has 8 nitrogen and oxygen atoms in total. The minimum Gasteiger partial charge on any atom is -0.355 e. The Morgan fingerprint density at radius 3 is 1.57 bits per heavy atom. The lowest BCUT2D eigenvalue weighted by Gasteiger charge is -2.30. The highest BCUT2D eigenvalue weighted by atomic mass is 15.4. The summed E-state index contributed by atoms with van der Waals surface area (Å²) in [4.78, 5) is 26.7. The first-order valence-electron chi connectivity index (χ1n) is 13.9. The molecule has 202 valence electrons. The van der Waals surface area contributed by atoms with E-state index in [0.717, 1.165) is 63.5 Å². The number of fused-ring (bicyclic) bond motifs is 8. The molecule has 0 saturated heterocycles. The smallest absolute Gasteiger partial charge is 0.131 e. The normalized spacial score (nSPS) is 19.6. The van der Waals surface area contributed by atoms with Crippen molar-refractivity contribution in [3.63, 3.8) is 0 Å². The van der Waals surface area contributed by atoms with Crippen LogP contribution >= 0.6 is 0 Å². The second-order valence-corrected chi connectivity index (χ2v) is 10.6. The van der Waals surface area contributed by atoms with Crippen LogP contribution in [0.15, 0.2) is 61.2 Å². The molecule has 4 aliphatic heterocycles. The van der Waals surface area contributed by atoms with Crippen molar-refractivity contribution in [3.05, 3.63) is 95.1 Å². The van der Waals surface area contributed by atoms with Crippen molar-refractivity contribution in [2.45, 2.75) is 26.2 Å². The molecule has 0 fully saturated rings. The van der Waals surface area contributed by atoms with Gasteiger partial charge in [0.2, 0.25) is 0 Å². The van der Waals surface area contributed by atoms with Crippen molar-refractivity contribution in [1.82, 2.24) is 39.5 Å². The molecule has 0 aliphatic carbocycles. The first-order chi connectivity index (χ1) is 19.5. The molecule has 3 aromatic heterocycles. The Hall–Kier alpha value is -4.72. The molecule has 0 amide bonds. The Balaban J connectivity index is 1.51. The number of aromatic amines is 2. The van der Waals surface area contributed by atoms with Crippen LogP contribution in [0, 0.1) is 0 Å². The summed E-state index contributed by atoms with van der Waals surface area (Å²) in [5.74, 6) is 0. The number of aromatic nitrogens is 4. The Kier molecular flexibility index (Phi) is 5.77. The van der Waals surface area contributed by atoms with Gasteiger partial charge in [0.25, 0.3) is 0 Å². The van der Waals surface area contributed by atoms with Gasteiger partial charge < -0.3 is 29.6 Å². The van der Waals surface area contributed by atoms with Gasteiger partial charge in [-0.05, 0) is 74.5 Å². The summed E-state index contributed by atoms with van der Waals surface area (Å²) in [7, 11) is 4.24. The van der Waals surface area contributed by atoms with E-state index < -0.39 is 0 Å². The summed E-state index contributed by atoms with van der Waals surface area (Å²) in [5, 5.41) is 0. The lowest BCUT2D eigenvalue weighted by atomic mass is 10.1. The van der Waals surface area contributed by atoms with Gasteiger partial charge in [0, 0.05) is 85.2 Å². The number of hydrogen-bond donors (Lipinski definition) is 2. The number of H-pyrrole nitrogens is 2. The summed E-state index contributed by atoms with van der Waals surface area (Å²) >= 11 is 0. The maximum Gasteiger partial charge on any atom is 0.131 e. The molecular formula is C32H34N8. The SMILES string of the molecule is CCN1C=CN(C)C1c1c2nc(cc3ccc([nH]3)c(C3N(C)C=CN3CC)c3ccc(cc4nc1C=C4)[nH]3)C=C2. The highest BCUT2D eigenvalue weighted by Crippen LogP contribution is 2.36. The Bertz CT molecular complexity index is 1660. The van der Waals surface area contributed by atoms with Crippen LogP contribution < -0.4 is 0 Å². The largest absolute Gasteiger partial charge is 0.355 e. The Labute approximate surface area is 234 Å². The third-order valence-electron chi connectivity index (χ3n) is 8.11. The first-order valence-corrected chi connectivity index (χ1v) is 13.9. The van der Waals surface area contributed by atoms with E-state index in [4.69, 9.17) is 9.97 Å². The standard InChI is InChI=1S/C32H34N8/c1-5-39-17-15-37(3)31(39)29-25-11-7-21(33-25)19-23-9-13-27(35-23)30(32-38(4)16-18-40(32)6-2)28-14-10-24(36-28)20-22-8-12-26(29)34-22/h7-20,31-34H,5-6H2,1-4H3. The molecule has 2 N–H and O–H groups in total. The van der Waals surface area contributed by atoms with Gasteiger partial charge in [-0.1, -0.05) is 0 Å². The van der Waals surface area contributed by atoms with Gasteiger partial charge in [-0.3, -0.25) is 0 Å². The van der Waals surface area contributed by atoms with Crippen LogP contribution in [0.1, 0.15) is 60.1 Å². The minimum absolute atomic E-state index is 0.0271. The molecule has 7 heterocycles. The minimum atomic E-state index is 0.0271. The summed E-state index contributed by atoms with van der Waals surface area (Å²) in [6.45, 7) is 6.17. The molecule has 0 aromatic carbocycles. The molecule has 40 heavy (non-hydrogen) atoms. The van der Waals surface area contributed by atoms with Crippen LogP contribution in [0.25, 0.3) is 46.4 Å². The zero-order valence-electron chi connectivity index (χ0n) is 23.3. The van der Waals surface area contributed by atoms with Crippen molar-refractivity contribution < 1.29 is 0 Å². The zero-order valence-corrected chi connectivity index (χ0v) is 23.3. The van der Waals surface area contributed by atoms with Crippen molar-refractivity contribution in [2.75, 3.05) is 27.2 Å². The van der Waals surface area contributed by atoms with Gasteiger partial charge in [0.05, 0.1) is 22.8 Å². The highest BCUT2D eigenvalue weighted by molar-refractivity contribution is 5.81. The van der Waals surface area contributed by atoms with Crippen LogP contribution in [0.5, 0.6) is 0 Å². The Morgan fingerprint density at radius 2 is 1.10 bits per heavy atom. The Morgan fingerprint density at radius 1 is 0.625 bits per heavy atom. The van der Waals surface area contributed by atoms with Crippen molar-refractivity contribution >= 4 is 46.4 Å². The second kappa shape index (κ2) is 9.48. The molecule has 2 atom stereocenters. The molecule has 8 heteroatoms. The average molecular weight is 531 g/mol. The summed E-state index contributed by atoms with van der Waals surface area (Å²) in [6.07, 6.45) is 17.1. The highest BCUT2D eigenvalue weighted by Gasteiger charge is 2.30. The molecule has 4 aliphatic rings. The third kappa shape index (κ3) is 3.99.